The van der Waals surface area contributed by atoms with Crippen LogP contribution in [0, 0.1) is 37.0 Å². The fourth-order valence-electron chi connectivity index (χ4n) is 1.16. The molecule has 0 heterocycles. The Morgan fingerprint density at radius 3 is 1.81 bits per heavy atom. The number of carbonyl (C=O) groups excluding carboxylic acids is 1. The Balaban J connectivity index is 5.25. The van der Waals surface area contributed by atoms with E-state index in [0.29, 0.717) is 0 Å². The Hall–Kier alpha value is -1.70. The first-order valence-electron chi connectivity index (χ1n) is 6.04. The molecule has 0 spiro atoms. The van der Waals surface area contributed by atoms with Crippen LogP contribution in [-0.4, -0.2) is 29.9 Å². The second-order valence-electron chi connectivity index (χ2n) is 5.13. The molecule has 0 atom stereocenters. The van der Waals surface area contributed by atoms with E-state index in [1.165, 1.54) is 27.7 Å². The maximum Gasteiger partial charge on any atom is 0.344 e. The monoisotopic (exact) mass is 310 g/mol. The molecule has 0 aromatic heterocycles. The van der Waals surface area contributed by atoms with Gasteiger partial charge in [-0.2, -0.15) is 0 Å². The van der Waals surface area contributed by atoms with Crippen LogP contribution in [0.1, 0.15) is 27.7 Å². The number of esters is 1. The van der Waals surface area contributed by atoms with Crippen LogP contribution >= 0.6 is 7.60 Å². The Morgan fingerprint density at radius 2 is 1.48 bits per heavy atom. The van der Waals surface area contributed by atoms with E-state index in [4.69, 9.17) is 28.3 Å². The third-order valence-corrected chi connectivity index (χ3v) is 4.18. The molecule has 114 valence electrons. The van der Waals surface area contributed by atoms with Crippen molar-refractivity contribution >= 4 is 13.6 Å². The van der Waals surface area contributed by atoms with Gasteiger partial charge in [0.25, 0.3) is 0 Å². The molecule has 0 saturated carbocycles. The maximum atomic E-state index is 12.7. The van der Waals surface area contributed by atoms with Crippen LogP contribution in [0.15, 0.2) is 0 Å². The van der Waals surface area contributed by atoms with Crippen molar-refractivity contribution in [1.82, 2.24) is 0 Å². The van der Waals surface area contributed by atoms with Gasteiger partial charge in [0.15, 0.2) is 6.61 Å². The lowest BCUT2D eigenvalue weighted by molar-refractivity contribution is -0.139. The Morgan fingerprint density at radius 1 is 1.05 bits per heavy atom. The van der Waals surface area contributed by atoms with E-state index in [1.54, 1.807) is 0 Å². The van der Waals surface area contributed by atoms with Crippen LogP contribution in [0.4, 0.5) is 0 Å². The lowest BCUT2D eigenvalue weighted by Crippen LogP contribution is -2.28. The van der Waals surface area contributed by atoms with Crippen molar-refractivity contribution < 1.29 is 23.1 Å². The molecule has 0 N–H and O–H groups in total. The largest absolute Gasteiger partial charge is 0.452 e. The Labute approximate surface area is 126 Å². The molecule has 0 aliphatic heterocycles. The fraction of sp³-hybridized carbons (Fsp3) is 0.533. The molecular formula is C15H19O5P. The number of hydrogen-bond donors (Lipinski definition) is 0. The van der Waals surface area contributed by atoms with Crippen LogP contribution in [0.2, 0.25) is 0 Å². The third-order valence-electron chi connectivity index (χ3n) is 2.07. The SMILES string of the molecule is C#CCOC(=O)CP(=O)(OC(C)(C)C#C)OC(C)(C)C#C. The molecule has 0 amide bonds. The molecule has 0 radical (unpaired) electrons. The standard InChI is InChI=1S/C15H19O5P/c1-8-11-18-13(16)12-21(17,19-14(4,5)9-2)20-15(6,7)10-3/h1-3H,11-12H2,4-7H3. The highest BCUT2D eigenvalue weighted by molar-refractivity contribution is 7.55. The minimum Gasteiger partial charge on any atom is -0.452 e. The molecular weight excluding hydrogens is 291 g/mol. The smallest absolute Gasteiger partial charge is 0.344 e. The van der Waals surface area contributed by atoms with E-state index in [2.05, 4.69) is 22.5 Å². The van der Waals surface area contributed by atoms with Gasteiger partial charge >= 0.3 is 13.6 Å². The summed E-state index contributed by atoms with van der Waals surface area (Å²) >= 11 is 0. The summed E-state index contributed by atoms with van der Waals surface area (Å²) in [5, 5.41) is 0. The summed E-state index contributed by atoms with van der Waals surface area (Å²) in [4.78, 5) is 11.6. The van der Waals surface area contributed by atoms with Gasteiger partial charge in [-0.25, -0.2) is 0 Å². The Kier molecular flexibility index (Phi) is 6.75. The zero-order valence-corrected chi connectivity index (χ0v) is 13.5. The molecule has 21 heavy (non-hydrogen) atoms. The molecule has 0 aromatic rings. The minimum absolute atomic E-state index is 0.240. The summed E-state index contributed by atoms with van der Waals surface area (Å²) < 4.78 is 28.0. The molecule has 0 aliphatic rings. The summed E-state index contributed by atoms with van der Waals surface area (Å²) in [6.07, 6.45) is 14.9. The quantitative estimate of drug-likeness (QED) is 0.410. The molecule has 6 heteroatoms. The molecule has 5 nitrogen and oxygen atoms in total. The van der Waals surface area contributed by atoms with Gasteiger partial charge in [-0.1, -0.05) is 17.8 Å². The molecule has 0 saturated heterocycles. The van der Waals surface area contributed by atoms with E-state index < -0.39 is 30.9 Å². The second-order valence-corrected chi connectivity index (χ2v) is 7.03. The minimum atomic E-state index is -3.92. The van der Waals surface area contributed by atoms with Gasteiger partial charge in [0.1, 0.15) is 17.4 Å². The summed E-state index contributed by atoms with van der Waals surface area (Å²) in [6, 6.07) is 0. The average Bonchev–Trinajstić information content (AvgIpc) is 2.34. The van der Waals surface area contributed by atoms with Crippen molar-refractivity contribution in [2.24, 2.45) is 0 Å². The summed E-state index contributed by atoms with van der Waals surface area (Å²) in [6.45, 7) is 5.81. The predicted octanol–water partition coefficient (Wildman–Crippen LogP) is 2.21. The normalized spacial score (nSPS) is 11.9. The highest BCUT2D eigenvalue weighted by atomic mass is 31.2. The van der Waals surface area contributed by atoms with Gasteiger partial charge in [0.05, 0.1) is 0 Å². The fourth-order valence-corrected chi connectivity index (χ4v) is 3.23. The van der Waals surface area contributed by atoms with E-state index in [-0.39, 0.29) is 6.61 Å². The van der Waals surface area contributed by atoms with Crippen molar-refractivity contribution in [3.05, 3.63) is 0 Å². The van der Waals surface area contributed by atoms with Crippen LogP contribution in [0.3, 0.4) is 0 Å². The first kappa shape index (κ1) is 19.3. The topological polar surface area (TPSA) is 61.8 Å². The van der Waals surface area contributed by atoms with Crippen LogP contribution in [0.25, 0.3) is 0 Å². The zero-order chi connectivity index (χ0) is 16.7. The predicted molar refractivity (Wildman–Crippen MR) is 80.3 cm³/mol. The molecule has 0 bridgehead atoms. The van der Waals surface area contributed by atoms with Gasteiger partial charge in [0.2, 0.25) is 0 Å². The van der Waals surface area contributed by atoms with Crippen molar-refractivity contribution in [1.29, 1.82) is 0 Å². The zero-order valence-electron chi connectivity index (χ0n) is 12.6. The highest BCUT2D eigenvalue weighted by Gasteiger charge is 2.39. The number of terminal acetylenes is 3. The van der Waals surface area contributed by atoms with Crippen LogP contribution < -0.4 is 0 Å². The van der Waals surface area contributed by atoms with Crippen molar-refractivity contribution in [2.45, 2.75) is 38.9 Å². The summed E-state index contributed by atoms with van der Waals surface area (Å²) in [5.41, 5.74) is -2.40. The molecule has 0 aliphatic carbocycles. The number of hydrogen-bond acceptors (Lipinski definition) is 5. The third kappa shape index (κ3) is 7.60. The Bertz CT molecular complexity index is 522. The lowest BCUT2D eigenvalue weighted by Gasteiger charge is -2.30. The first-order valence-corrected chi connectivity index (χ1v) is 7.77. The van der Waals surface area contributed by atoms with E-state index in [1.807, 2.05) is 0 Å². The maximum absolute atomic E-state index is 12.7. The molecule has 0 fully saturated rings. The van der Waals surface area contributed by atoms with Gasteiger partial charge in [-0.3, -0.25) is 18.4 Å². The number of rotatable bonds is 7. The summed E-state index contributed by atoms with van der Waals surface area (Å²) in [5.74, 6) is 5.92. The van der Waals surface area contributed by atoms with Crippen LogP contribution in [-0.2, 0) is 23.1 Å². The van der Waals surface area contributed by atoms with Gasteiger partial charge in [-0.15, -0.1) is 19.3 Å². The van der Waals surface area contributed by atoms with Crippen molar-refractivity contribution in [2.75, 3.05) is 12.8 Å². The van der Waals surface area contributed by atoms with Gasteiger partial charge < -0.3 is 4.74 Å². The van der Waals surface area contributed by atoms with Crippen molar-refractivity contribution in [3.8, 4) is 37.0 Å². The average molecular weight is 310 g/mol. The molecule has 0 unspecified atom stereocenters. The molecule has 0 rings (SSSR count). The van der Waals surface area contributed by atoms with E-state index in [0.717, 1.165) is 0 Å². The van der Waals surface area contributed by atoms with Crippen molar-refractivity contribution in [3.63, 3.8) is 0 Å². The van der Waals surface area contributed by atoms with E-state index in [9.17, 15) is 9.36 Å². The molecule has 0 aromatic carbocycles. The van der Waals surface area contributed by atoms with Crippen LogP contribution in [0.5, 0.6) is 0 Å². The summed E-state index contributed by atoms with van der Waals surface area (Å²) in [7, 11) is -3.92. The van der Waals surface area contributed by atoms with E-state index >= 15 is 0 Å². The number of ether oxygens (including phenoxy) is 1. The first-order chi connectivity index (χ1) is 9.49. The second kappa shape index (κ2) is 7.35. The van der Waals surface area contributed by atoms with Gasteiger partial charge in [0, 0.05) is 0 Å². The number of carbonyl (C=O) groups is 1. The highest BCUT2D eigenvalue weighted by Crippen LogP contribution is 2.54. The van der Waals surface area contributed by atoms with Gasteiger partial charge in [-0.05, 0) is 27.7 Å². The lowest BCUT2D eigenvalue weighted by atomic mass is 10.2.